The topological polar surface area (TPSA) is 44.5 Å². The molecule has 1 unspecified atom stereocenters. The predicted molar refractivity (Wildman–Crippen MR) is 77.8 cm³/mol. The van der Waals surface area contributed by atoms with E-state index in [2.05, 4.69) is 34.6 Å². The lowest BCUT2D eigenvalue weighted by Gasteiger charge is -2.28. The fourth-order valence-electron chi connectivity index (χ4n) is 2.41. The van der Waals surface area contributed by atoms with Crippen LogP contribution in [0.15, 0.2) is 0 Å². The summed E-state index contributed by atoms with van der Waals surface area (Å²) in [6.07, 6.45) is 2.11. The highest BCUT2D eigenvalue weighted by atomic mass is 16.5. The second kappa shape index (κ2) is 7.46. The Morgan fingerprint density at radius 2 is 1.50 bits per heavy atom. The fraction of sp³-hybridized carbons (Fsp3) is 1.00. The molecule has 0 rings (SSSR count). The zero-order valence-corrected chi connectivity index (χ0v) is 13.4. The van der Waals surface area contributed by atoms with Crippen LogP contribution in [0.1, 0.15) is 61.3 Å². The normalized spacial score (nSPS) is 15.2. The van der Waals surface area contributed by atoms with Crippen LogP contribution in [0.5, 0.6) is 0 Å². The molecule has 0 aromatic carbocycles. The maximum absolute atomic E-state index is 5.95. The number of nitrogens with two attached hydrogens (primary N) is 1. The van der Waals surface area contributed by atoms with Crippen molar-refractivity contribution in [2.24, 2.45) is 11.7 Å². The van der Waals surface area contributed by atoms with Gasteiger partial charge in [-0.2, -0.15) is 0 Å². The molecular formula is C15H33NO2. The molecule has 0 radical (unpaired) electrons. The minimum Gasteiger partial charge on any atom is -0.376 e. The molecule has 0 aliphatic carbocycles. The molecule has 0 aromatic heterocycles. The average molecular weight is 259 g/mol. The summed E-state index contributed by atoms with van der Waals surface area (Å²) in [5.41, 5.74) is 5.72. The summed E-state index contributed by atoms with van der Waals surface area (Å²) in [6, 6.07) is 0. The van der Waals surface area contributed by atoms with Crippen molar-refractivity contribution in [2.75, 3.05) is 13.2 Å². The largest absolute Gasteiger partial charge is 0.376 e. The van der Waals surface area contributed by atoms with Crippen LogP contribution in [0.2, 0.25) is 0 Å². The van der Waals surface area contributed by atoms with Crippen LogP contribution < -0.4 is 5.73 Å². The van der Waals surface area contributed by atoms with Crippen LogP contribution in [0, 0.1) is 5.92 Å². The summed E-state index contributed by atoms with van der Waals surface area (Å²) in [4.78, 5) is 0. The number of hydrogen-bond acceptors (Lipinski definition) is 3. The van der Waals surface area contributed by atoms with Gasteiger partial charge >= 0.3 is 0 Å². The summed E-state index contributed by atoms with van der Waals surface area (Å²) in [6.45, 7) is 16.1. The van der Waals surface area contributed by atoms with E-state index in [1.54, 1.807) is 0 Å². The molecule has 0 amide bonds. The first kappa shape index (κ1) is 17.9. The van der Waals surface area contributed by atoms with E-state index < -0.39 is 0 Å². The van der Waals surface area contributed by atoms with Crippen molar-refractivity contribution >= 4 is 0 Å². The standard InChI is InChI=1S/C15H33NO2/c1-12(2)10-15(6,7)18-9-8-17-13(3)11-14(4,5)16/h12-13H,8-11,16H2,1-7H3. The maximum Gasteiger partial charge on any atom is 0.0707 e. The van der Waals surface area contributed by atoms with Crippen molar-refractivity contribution in [2.45, 2.75) is 78.6 Å². The van der Waals surface area contributed by atoms with Crippen LogP contribution >= 0.6 is 0 Å². The molecule has 3 nitrogen and oxygen atoms in total. The van der Waals surface area contributed by atoms with Gasteiger partial charge in [-0.15, -0.1) is 0 Å². The summed E-state index contributed by atoms with van der Waals surface area (Å²) in [7, 11) is 0. The first-order valence-corrected chi connectivity index (χ1v) is 7.06. The molecule has 0 bridgehead atoms. The molecule has 0 heterocycles. The van der Waals surface area contributed by atoms with Crippen molar-refractivity contribution in [3.8, 4) is 0 Å². The molecule has 0 aliphatic heterocycles. The molecule has 0 aliphatic rings. The van der Waals surface area contributed by atoms with Gasteiger partial charge in [-0.05, 0) is 53.4 Å². The zero-order valence-electron chi connectivity index (χ0n) is 13.4. The Morgan fingerprint density at radius 3 is 1.94 bits per heavy atom. The van der Waals surface area contributed by atoms with Gasteiger partial charge in [0.2, 0.25) is 0 Å². The minimum atomic E-state index is -0.169. The molecular weight excluding hydrogens is 226 g/mol. The monoisotopic (exact) mass is 259 g/mol. The van der Waals surface area contributed by atoms with Crippen LogP contribution in [-0.2, 0) is 9.47 Å². The van der Waals surface area contributed by atoms with E-state index in [1.165, 1.54) is 0 Å². The van der Waals surface area contributed by atoms with E-state index in [0.29, 0.717) is 19.1 Å². The van der Waals surface area contributed by atoms with E-state index in [4.69, 9.17) is 15.2 Å². The number of rotatable bonds is 9. The summed E-state index contributed by atoms with van der Waals surface area (Å²) >= 11 is 0. The van der Waals surface area contributed by atoms with E-state index in [9.17, 15) is 0 Å². The van der Waals surface area contributed by atoms with Crippen molar-refractivity contribution < 1.29 is 9.47 Å². The first-order valence-electron chi connectivity index (χ1n) is 7.06. The van der Waals surface area contributed by atoms with Crippen LogP contribution in [0.4, 0.5) is 0 Å². The lowest BCUT2D eigenvalue weighted by Crippen LogP contribution is -2.36. The molecule has 18 heavy (non-hydrogen) atoms. The van der Waals surface area contributed by atoms with Gasteiger partial charge in [0.15, 0.2) is 0 Å². The summed E-state index contributed by atoms with van der Waals surface area (Å²) < 4.78 is 11.6. The minimum absolute atomic E-state index is 0.0616. The van der Waals surface area contributed by atoms with E-state index in [1.807, 2.05) is 13.8 Å². The van der Waals surface area contributed by atoms with Gasteiger partial charge in [0.05, 0.1) is 24.9 Å². The second-order valence-electron chi connectivity index (χ2n) is 7.08. The molecule has 1 atom stereocenters. The maximum atomic E-state index is 5.95. The van der Waals surface area contributed by atoms with Gasteiger partial charge in [-0.1, -0.05) is 13.8 Å². The fourth-order valence-corrected chi connectivity index (χ4v) is 2.41. The van der Waals surface area contributed by atoms with Gasteiger partial charge in [0.1, 0.15) is 0 Å². The third-order valence-corrected chi connectivity index (χ3v) is 2.69. The van der Waals surface area contributed by atoms with Gasteiger partial charge in [-0.3, -0.25) is 0 Å². The lowest BCUT2D eigenvalue weighted by molar-refractivity contribution is -0.0688. The van der Waals surface area contributed by atoms with Crippen LogP contribution in [-0.4, -0.2) is 30.5 Å². The van der Waals surface area contributed by atoms with E-state index >= 15 is 0 Å². The predicted octanol–water partition coefficient (Wildman–Crippen LogP) is 3.36. The van der Waals surface area contributed by atoms with E-state index in [0.717, 1.165) is 12.8 Å². The molecule has 0 saturated heterocycles. The average Bonchev–Trinajstić information content (AvgIpc) is 2.07. The number of hydrogen-bond donors (Lipinski definition) is 1. The van der Waals surface area contributed by atoms with Crippen LogP contribution in [0.25, 0.3) is 0 Å². The smallest absolute Gasteiger partial charge is 0.0707 e. The van der Waals surface area contributed by atoms with Gasteiger partial charge in [0, 0.05) is 5.54 Å². The Bertz CT molecular complexity index is 219. The molecule has 0 fully saturated rings. The Balaban J connectivity index is 3.73. The molecule has 110 valence electrons. The Kier molecular flexibility index (Phi) is 7.41. The highest BCUT2D eigenvalue weighted by molar-refractivity contribution is 4.75. The molecule has 0 aromatic rings. The first-order chi connectivity index (χ1) is 8.02. The zero-order chi connectivity index (χ0) is 14.4. The van der Waals surface area contributed by atoms with Crippen molar-refractivity contribution in [1.29, 1.82) is 0 Å². The van der Waals surface area contributed by atoms with Crippen molar-refractivity contribution in [3.05, 3.63) is 0 Å². The lowest BCUT2D eigenvalue weighted by atomic mass is 9.96. The second-order valence-corrected chi connectivity index (χ2v) is 7.08. The molecule has 3 heteroatoms. The Hall–Kier alpha value is -0.120. The summed E-state index contributed by atoms with van der Waals surface area (Å²) in [5.74, 6) is 0.651. The number of ether oxygens (including phenoxy) is 2. The van der Waals surface area contributed by atoms with Gasteiger partial charge in [-0.25, -0.2) is 0 Å². The van der Waals surface area contributed by atoms with Crippen LogP contribution in [0.3, 0.4) is 0 Å². The van der Waals surface area contributed by atoms with Crippen molar-refractivity contribution in [1.82, 2.24) is 0 Å². The highest BCUT2D eigenvalue weighted by Crippen LogP contribution is 2.20. The molecule has 2 N–H and O–H groups in total. The summed E-state index contributed by atoms with van der Waals surface area (Å²) in [5, 5.41) is 0. The highest BCUT2D eigenvalue weighted by Gasteiger charge is 2.20. The quantitative estimate of drug-likeness (QED) is 0.646. The molecule has 0 saturated carbocycles. The third kappa shape index (κ3) is 11.0. The van der Waals surface area contributed by atoms with Gasteiger partial charge < -0.3 is 15.2 Å². The SMILES string of the molecule is CC(C)CC(C)(C)OCCOC(C)CC(C)(C)N. The van der Waals surface area contributed by atoms with Crippen molar-refractivity contribution in [3.63, 3.8) is 0 Å². The Labute approximate surface area is 113 Å². The third-order valence-electron chi connectivity index (χ3n) is 2.69. The van der Waals surface area contributed by atoms with E-state index in [-0.39, 0.29) is 17.2 Å². The Morgan fingerprint density at radius 1 is 0.944 bits per heavy atom. The molecule has 0 spiro atoms. The van der Waals surface area contributed by atoms with Gasteiger partial charge in [0.25, 0.3) is 0 Å².